The van der Waals surface area contributed by atoms with E-state index in [-0.39, 0.29) is 18.0 Å². The van der Waals surface area contributed by atoms with Gasteiger partial charge in [-0.2, -0.15) is 4.98 Å². The summed E-state index contributed by atoms with van der Waals surface area (Å²) in [5, 5.41) is 0. The number of likely N-dealkylation sites (N-methyl/N-ethyl adjacent to an activating group) is 1. The van der Waals surface area contributed by atoms with Gasteiger partial charge in [0.2, 0.25) is 0 Å². The molecule has 2 saturated heterocycles. The highest BCUT2D eigenvalue weighted by atomic mass is 19.1. The monoisotopic (exact) mass is 291 g/mol. The molecule has 0 unspecified atom stereocenters. The quantitative estimate of drug-likeness (QED) is 0.802. The summed E-state index contributed by atoms with van der Waals surface area (Å²) in [7, 11) is 2.12. The maximum Gasteiger partial charge on any atom is 0.298 e. The molecule has 2 aliphatic rings. The molecule has 6 heteroatoms. The van der Waals surface area contributed by atoms with E-state index in [1.54, 1.807) is 6.07 Å². The fraction of sp³-hybridized carbons (Fsp3) is 0.533. The molecule has 0 N–H and O–H groups in total. The maximum absolute atomic E-state index is 13.3. The van der Waals surface area contributed by atoms with Gasteiger partial charge in [-0.25, -0.2) is 4.39 Å². The Balaban J connectivity index is 1.69. The van der Waals surface area contributed by atoms with Crippen molar-refractivity contribution in [3.63, 3.8) is 0 Å². The Labute approximate surface area is 122 Å². The number of halogens is 1. The maximum atomic E-state index is 13.3. The predicted molar refractivity (Wildman–Crippen MR) is 77.0 cm³/mol. The molecule has 5 nitrogen and oxygen atoms in total. The number of benzene rings is 1. The molecule has 4 rings (SSSR count). The van der Waals surface area contributed by atoms with Crippen LogP contribution in [-0.2, 0) is 4.74 Å². The van der Waals surface area contributed by atoms with Gasteiger partial charge in [-0.15, -0.1) is 0 Å². The minimum atomic E-state index is -0.292. The second-order valence-electron chi connectivity index (χ2n) is 5.83. The average Bonchev–Trinajstić information content (AvgIpc) is 2.89. The van der Waals surface area contributed by atoms with E-state index in [0.717, 1.165) is 26.1 Å². The van der Waals surface area contributed by atoms with E-state index in [0.29, 0.717) is 23.7 Å². The van der Waals surface area contributed by atoms with E-state index in [1.165, 1.54) is 12.1 Å². The lowest BCUT2D eigenvalue weighted by atomic mass is 9.99. The van der Waals surface area contributed by atoms with Crippen molar-refractivity contribution in [2.45, 2.75) is 18.6 Å². The highest BCUT2D eigenvalue weighted by molar-refractivity contribution is 5.74. The number of aromatic nitrogens is 1. The zero-order chi connectivity index (χ0) is 14.4. The van der Waals surface area contributed by atoms with Crippen molar-refractivity contribution in [1.82, 2.24) is 9.88 Å². The van der Waals surface area contributed by atoms with E-state index in [9.17, 15) is 4.39 Å². The van der Waals surface area contributed by atoms with Crippen molar-refractivity contribution >= 4 is 17.1 Å². The molecule has 0 saturated carbocycles. The first kappa shape index (κ1) is 13.0. The Hall–Kier alpha value is -1.66. The van der Waals surface area contributed by atoms with Crippen molar-refractivity contribution in [2.75, 3.05) is 38.2 Å². The summed E-state index contributed by atoms with van der Waals surface area (Å²) in [6, 6.07) is 5.26. The molecule has 3 heterocycles. The number of rotatable bonds is 1. The fourth-order valence-electron chi connectivity index (χ4n) is 3.28. The van der Waals surface area contributed by atoms with E-state index in [1.807, 2.05) is 0 Å². The second kappa shape index (κ2) is 4.96. The van der Waals surface area contributed by atoms with E-state index < -0.39 is 0 Å². The van der Waals surface area contributed by atoms with Crippen LogP contribution in [0.2, 0.25) is 0 Å². The third-order valence-electron chi connectivity index (χ3n) is 4.37. The van der Waals surface area contributed by atoms with Gasteiger partial charge >= 0.3 is 0 Å². The van der Waals surface area contributed by atoms with Crippen LogP contribution >= 0.6 is 0 Å². The first-order valence-electron chi connectivity index (χ1n) is 7.33. The molecule has 0 spiro atoms. The minimum absolute atomic E-state index is 0.224. The van der Waals surface area contributed by atoms with Crippen LogP contribution in [0.5, 0.6) is 0 Å². The lowest BCUT2D eigenvalue weighted by Crippen LogP contribution is -2.59. The smallest absolute Gasteiger partial charge is 0.298 e. The van der Waals surface area contributed by atoms with Gasteiger partial charge in [0.15, 0.2) is 5.58 Å². The van der Waals surface area contributed by atoms with Crippen LogP contribution in [-0.4, -0.2) is 55.3 Å². The van der Waals surface area contributed by atoms with Crippen molar-refractivity contribution in [3.05, 3.63) is 24.0 Å². The average molecular weight is 291 g/mol. The summed E-state index contributed by atoms with van der Waals surface area (Å²) in [4.78, 5) is 8.92. The zero-order valence-corrected chi connectivity index (χ0v) is 12.0. The van der Waals surface area contributed by atoms with Crippen LogP contribution < -0.4 is 4.90 Å². The van der Waals surface area contributed by atoms with Crippen LogP contribution in [0.15, 0.2) is 22.6 Å². The summed E-state index contributed by atoms with van der Waals surface area (Å²) < 4.78 is 25.0. The largest absolute Gasteiger partial charge is 0.423 e. The van der Waals surface area contributed by atoms with Gasteiger partial charge in [-0.1, -0.05) is 0 Å². The van der Waals surface area contributed by atoms with Gasteiger partial charge in [-0.05, 0) is 25.6 Å². The molecule has 2 fully saturated rings. The highest BCUT2D eigenvalue weighted by Crippen LogP contribution is 2.29. The first-order valence-corrected chi connectivity index (χ1v) is 7.33. The van der Waals surface area contributed by atoms with Gasteiger partial charge in [-0.3, -0.25) is 0 Å². The summed E-state index contributed by atoms with van der Waals surface area (Å²) in [5.41, 5.74) is 1.19. The normalized spacial score (nSPS) is 27.0. The Morgan fingerprint density at radius 3 is 3.14 bits per heavy atom. The van der Waals surface area contributed by atoms with Crippen molar-refractivity contribution in [2.24, 2.45) is 0 Å². The van der Waals surface area contributed by atoms with Gasteiger partial charge in [0.05, 0.1) is 18.8 Å². The van der Waals surface area contributed by atoms with E-state index in [4.69, 9.17) is 9.15 Å². The standard InChI is InChI=1S/C15H18FN3O2/c1-18-5-4-14-12(9-18)19(6-7-20-14)15-17-11-8-10(16)2-3-13(11)21-15/h2-3,8,12,14H,4-7,9H2,1H3/t12-,14+/m1/s1. The summed E-state index contributed by atoms with van der Waals surface area (Å²) >= 11 is 0. The number of hydrogen-bond donors (Lipinski definition) is 0. The lowest BCUT2D eigenvalue weighted by Gasteiger charge is -2.45. The second-order valence-corrected chi connectivity index (χ2v) is 5.83. The molecule has 1 aromatic carbocycles. The molecule has 2 aromatic rings. The van der Waals surface area contributed by atoms with Crippen LogP contribution in [0, 0.1) is 5.82 Å². The molecule has 0 amide bonds. The minimum Gasteiger partial charge on any atom is -0.423 e. The Morgan fingerprint density at radius 2 is 2.24 bits per heavy atom. The van der Waals surface area contributed by atoms with Crippen molar-refractivity contribution in [3.8, 4) is 0 Å². The summed E-state index contributed by atoms with van der Waals surface area (Å²) in [6.45, 7) is 3.41. The predicted octanol–water partition coefficient (Wildman–Crippen LogP) is 1.88. The van der Waals surface area contributed by atoms with Crippen LogP contribution in [0.1, 0.15) is 6.42 Å². The molecule has 21 heavy (non-hydrogen) atoms. The van der Waals surface area contributed by atoms with Crippen LogP contribution in [0.4, 0.5) is 10.4 Å². The lowest BCUT2D eigenvalue weighted by molar-refractivity contribution is -0.0259. The zero-order valence-electron chi connectivity index (χ0n) is 12.0. The third kappa shape index (κ3) is 2.28. The SMILES string of the molecule is CN1CC[C@@H]2OCCN(c3nc4cc(F)ccc4o3)[C@@H]2C1. The number of likely N-dealkylation sites (tertiary alicyclic amines) is 1. The topological polar surface area (TPSA) is 41.7 Å². The number of hydrogen-bond acceptors (Lipinski definition) is 5. The van der Waals surface area contributed by atoms with E-state index >= 15 is 0 Å². The molecular weight excluding hydrogens is 273 g/mol. The number of anilines is 1. The Kier molecular flexibility index (Phi) is 3.08. The van der Waals surface area contributed by atoms with Gasteiger partial charge in [0.1, 0.15) is 11.3 Å². The molecule has 0 aliphatic carbocycles. The number of fused-ring (bicyclic) bond motifs is 2. The third-order valence-corrected chi connectivity index (χ3v) is 4.37. The Morgan fingerprint density at radius 1 is 1.33 bits per heavy atom. The Bertz CT molecular complexity index is 659. The molecule has 0 bridgehead atoms. The van der Waals surface area contributed by atoms with E-state index in [2.05, 4.69) is 21.8 Å². The van der Waals surface area contributed by atoms with Gasteiger partial charge in [0, 0.05) is 25.7 Å². The number of morpholine rings is 1. The molecule has 1 aromatic heterocycles. The summed E-state index contributed by atoms with van der Waals surface area (Å²) in [6.07, 6.45) is 1.24. The number of nitrogens with zero attached hydrogens (tertiary/aromatic N) is 3. The number of oxazole rings is 1. The van der Waals surface area contributed by atoms with Crippen molar-refractivity contribution in [1.29, 1.82) is 0 Å². The number of ether oxygens (including phenoxy) is 1. The van der Waals surface area contributed by atoms with Crippen LogP contribution in [0.3, 0.4) is 0 Å². The molecule has 0 radical (unpaired) electrons. The molecule has 2 atom stereocenters. The molecule has 112 valence electrons. The first-order chi connectivity index (χ1) is 10.2. The van der Waals surface area contributed by atoms with Gasteiger partial charge < -0.3 is 19.0 Å². The highest BCUT2D eigenvalue weighted by Gasteiger charge is 2.38. The van der Waals surface area contributed by atoms with Crippen LogP contribution in [0.25, 0.3) is 11.1 Å². The van der Waals surface area contributed by atoms with Gasteiger partial charge in [0.25, 0.3) is 6.01 Å². The molecular formula is C15H18FN3O2. The fourth-order valence-corrected chi connectivity index (χ4v) is 3.28. The van der Waals surface area contributed by atoms with Crippen molar-refractivity contribution < 1.29 is 13.5 Å². The number of piperidine rings is 1. The molecule has 2 aliphatic heterocycles. The summed E-state index contributed by atoms with van der Waals surface area (Å²) in [5.74, 6) is -0.292.